The summed E-state index contributed by atoms with van der Waals surface area (Å²) >= 11 is 0. The lowest BCUT2D eigenvalue weighted by Gasteiger charge is -2.16. The molecule has 32 heavy (non-hydrogen) atoms. The maximum Gasteiger partial charge on any atom is 0.331 e. The minimum absolute atomic E-state index is 0.125. The molecule has 1 fully saturated rings. The van der Waals surface area contributed by atoms with Crippen LogP contribution in [0, 0.1) is 0 Å². The van der Waals surface area contributed by atoms with Crippen molar-refractivity contribution in [3.63, 3.8) is 0 Å². The zero-order chi connectivity index (χ0) is 21.9. The topological polar surface area (TPSA) is 65.6 Å². The smallest absolute Gasteiger partial charge is 0.331 e. The van der Waals surface area contributed by atoms with Gasteiger partial charge in [-0.05, 0) is 23.3 Å². The van der Waals surface area contributed by atoms with Crippen molar-refractivity contribution in [3.8, 4) is 0 Å². The van der Waals surface area contributed by atoms with Gasteiger partial charge in [0.25, 0.3) is 0 Å². The number of hydrogen-bond donors (Lipinski definition) is 1. The Morgan fingerprint density at radius 1 is 0.875 bits per heavy atom. The van der Waals surface area contributed by atoms with Gasteiger partial charge in [-0.2, -0.15) is 0 Å². The molecule has 4 aromatic rings. The van der Waals surface area contributed by atoms with E-state index in [1.165, 1.54) is 0 Å². The monoisotopic (exact) mass is 430 g/mol. The van der Waals surface area contributed by atoms with E-state index in [4.69, 9.17) is 9.47 Å². The van der Waals surface area contributed by atoms with Crippen LogP contribution in [-0.4, -0.2) is 33.1 Å². The van der Waals surface area contributed by atoms with E-state index in [1.54, 1.807) is 9.13 Å². The lowest BCUT2D eigenvalue weighted by molar-refractivity contribution is -0.0647. The lowest BCUT2D eigenvalue weighted by atomic mass is 10.1. The Kier molecular flexibility index (Phi) is 5.90. The van der Waals surface area contributed by atoms with E-state index in [9.17, 15) is 9.90 Å². The molecule has 6 nitrogen and oxygen atoms in total. The van der Waals surface area contributed by atoms with Gasteiger partial charge in [0.15, 0.2) is 0 Å². The number of aromatic nitrogens is 2. The fourth-order valence-corrected chi connectivity index (χ4v) is 4.40. The van der Waals surface area contributed by atoms with Crippen LogP contribution in [-0.2, 0) is 22.6 Å². The number of aliphatic hydroxyl groups excluding tert-OH is 1. The van der Waals surface area contributed by atoms with Crippen molar-refractivity contribution < 1.29 is 14.6 Å². The van der Waals surface area contributed by atoms with Gasteiger partial charge in [-0.3, -0.25) is 9.13 Å². The summed E-state index contributed by atoms with van der Waals surface area (Å²) in [6.07, 6.45) is -0.778. The zero-order valence-corrected chi connectivity index (χ0v) is 17.7. The SMILES string of the molecule is O=c1n(Cc2ccccc2)c2ccccc2n1[C@H]1C[C@H](OCc2ccccc2)[C@@H](CO)O1. The predicted octanol–water partition coefficient (Wildman–Crippen LogP) is 3.72. The first-order chi connectivity index (χ1) is 15.7. The van der Waals surface area contributed by atoms with Crippen LogP contribution >= 0.6 is 0 Å². The van der Waals surface area contributed by atoms with Crippen molar-refractivity contribution >= 4 is 11.0 Å². The fraction of sp³-hybridized carbons (Fsp3) is 0.269. The van der Waals surface area contributed by atoms with Gasteiger partial charge in [0.05, 0.1) is 36.9 Å². The molecule has 0 amide bonds. The average Bonchev–Trinajstić information content (AvgIpc) is 3.37. The molecule has 164 valence electrons. The third-order valence-corrected chi connectivity index (χ3v) is 6.01. The van der Waals surface area contributed by atoms with Gasteiger partial charge in [0.2, 0.25) is 0 Å². The Hall–Kier alpha value is -3.19. The first kappa shape index (κ1) is 20.7. The van der Waals surface area contributed by atoms with Crippen LogP contribution in [0.2, 0.25) is 0 Å². The largest absolute Gasteiger partial charge is 0.394 e. The molecule has 0 radical (unpaired) electrons. The molecule has 1 saturated heterocycles. The number of benzene rings is 3. The van der Waals surface area contributed by atoms with Crippen molar-refractivity contribution in [2.45, 2.75) is 38.0 Å². The molecule has 6 heteroatoms. The summed E-state index contributed by atoms with van der Waals surface area (Å²) < 4.78 is 15.7. The Bertz CT molecular complexity index is 1230. The second-order valence-corrected chi connectivity index (χ2v) is 8.10. The van der Waals surface area contributed by atoms with E-state index >= 15 is 0 Å². The molecule has 1 N–H and O–H groups in total. The number of nitrogens with zero attached hydrogens (tertiary/aromatic N) is 2. The van der Waals surface area contributed by atoms with Gasteiger partial charge < -0.3 is 14.6 Å². The normalized spacial score (nSPS) is 20.7. The summed E-state index contributed by atoms with van der Waals surface area (Å²) in [7, 11) is 0. The molecule has 0 saturated carbocycles. The quantitative estimate of drug-likeness (QED) is 0.485. The molecule has 5 rings (SSSR count). The van der Waals surface area contributed by atoms with E-state index in [2.05, 4.69) is 0 Å². The van der Waals surface area contributed by atoms with Gasteiger partial charge in [-0.1, -0.05) is 72.8 Å². The third-order valence-electron chi connectivity index (χ3n) is 6.01. The molecule has 0 aliphatic carbocycles. The number of imidazole rings is 1. The maximum absolute atomic E-state index is 13.5. The minimum atomic E-state index is -0.498. The van der Waals surface area contributed by atoms with Crippen LogP contribution < -0.4 is 5.69 Å². The second-order valence-electron chi connectivity index (χ2n) is 8.10. The Balaban J connectivity index is 1.44. The first-order valence-electron chi connectivity index (χ1n) is 10.9. The molecule has 2 heterocycles. The average molecular weight is 431 g/mol. The predicted molar refractivity (Wildman–Crippen MR) is 122 cm³/mol. The number of hydrogen-bond acceptors (Lipinski definition) is 4. The molecule has 0 spiro atoms. The number of rotatable bonds is 7. The molecule has 0 bridgehead atoms. The molecular formula is C26H26N2O4. The highest BCUT2D eigenvalue weighted by atomic mass is 16.6. The summed E-state index contributed by atoms with van der Waals surface area (Å²) in [6, 6.07) is 27.6. The van der Waals surface area contributed by atoms with Gasteiger partial charge in [-0.25, -0.2) is 4.79 Å². The van der Waals surface area contributed by atoms with Crippen molar-refractivity contribution in [1.29, 1.82) is 0 Å². The van der Waals surface area contributed by atoms with E-state index in [0.717, 1.165) is 22.2 Å². The van der Waals surface area contributed by atoms with Crippen LogP contribution in [0.15, 0.2) is 89.7 Å². The van der Waals surface area contributed by atoms with Gasteiger partial charge >= 0.3 is 5.69 Å². The minimum Gasteiger partial charge on any atom is -0.394 e. The molecular weight excluding hydrogens is 404 g/mol. The number of aliphatic hydroxyl groups is 1. The molecule has 1 aromatic heterocycles. The van der Waals surface area contributed by atoms with Crippen molar-refractivity contribution in [1.82, 2.24) is 9.13 Å². The van der Waals surface area contributed by atoms with Crippen LogP contribution in [0.4, 0.5) is 0 Å². The van der Waals surface area contributed by atoms with E-state index in [1.807, 2.05) is 84.9 Å². The fourth-order valence-electron chi connectivity index (χ4n) is 4.40. The van der Waals surface area contributed by atoms with E-state index in [0.29, 0.717) is 19.6 Å². The lowest BCUT2D eigenvalue weighted by Crippen LogP contribution is -2.28. The van der Waals surface area contributed by atoms with Crippen molar-refractivity contribution in [3.05, 3.63) is 107 Å². The summed E-state index contributed by atoms with van der Waals surface area (Å²) in [5.41, 5.74) is 3.67. The summed E-state index contributed by atoms with van der Waals surface area (Å²) in [6.45, 7) is 0.757. The second kappa shape index (κ2) is 9.12. The van der Waals surface area contributed by atoms with Crippen LogP contribution in [0.1, 0.15) is 23.8 Å². The number of fused-ring (bicyclic) bond motifs is 1. The van der Waals surface area contributed by atoms with Gasteiger partial charge in [-0.15, -0.1) is 0 Å². The molecule has 1 aliphatic rings. The zero-order valence-electron chi connectivity index (χ0n) is 17.7. The maximum atomic E-state index is 13.5. The van der Waals surface area contributed by atoms with Crippen LogP contribution in [0.3, 0.4) is 0 Å². The van der Waals surface area contributed by atoms with Crippen molar-refractivity contribution in [2.75, 3.05) is 6.61 Å². The molecule has 0 unspecified atom stereocenters. The molecule has 3 aromatic carbocycles. The highest BCUT2D eigenvalue weighted by Gasteiger charge is 2.38. The number of para-hydroxylation sites is 2. The Morgan fingerprint density at radius 2 is 1.50 bits per heavy atom. The summed E-state index contributed by atoms with van der Waals surface area (Å²) in [5.74, 6) is 0. The summed E-state index contributed by atoms with van der Waals surface area (Å²) in [5, 5.41) is 9.88. The third kappa shape index (κ3) is 4.00. The first-order valence-corrected chi connectivity index (χ1v) is 10.9. The highest BCUT2D eigenvalue weighted by molar-refractivity contribution is 5.76. The molecule has 3 atom stereocenters. The Morgan fingerprint density at radius 3 is 2.19 bits per heavy atom. The van der Waals surface area contributed by atoms with Crippen LogP contribution in [0.25, 0.3) is 11.0 Å². The number of ether oxygens (including phenoxy) is 2. The molecule has 1 aliphatic heterocycles. The van der Waals surface area contributed by atoms with Gasteiger partial charge in [0, 0.05) is 6.42 Å². The van der Waals surface area contributed by atoms with E-state index in [-0.39, 0.29) is 18.4 Å². The Labute approximate surface area is 186 Å². The van der Waals surface area contributed by atoms with Gasteiger partial charge in [0.1, 0.15) is 12.3 Å². The highest BCUT2D eigenvalue weighted by Crippen LogP contribution is 2.32. The van der Waals surface area contributed by atoms with Crippen molar-refractivity contribution in [2.24, 2.45) is 0 Å². The van der Waals surface area contributed by atoms with E-state index < -0.39 is 12.3 Å². The standard InChI is InChI=1S/C26H26N2O4/c29-17-24-23(31-18-20-11-5-2-6-12-20)15-25(32-24)28-22-14-8-7-13-21(22)27(26(28)30)16-19-9-3-1-4-10-19/h1-14,23-25,29H,15-18H2/t23-,24+,25+/m0/s1. The summed E-state index contributed by atoms with van der Waals surface area (Å²) in [4.78, 5) is 13.5. The van der Waals surface area contributed by atoms with Crippen LogP contribution in [0.5, 0.6) is 0 Å².